The Morgan fingerprint density at radius 3 is 2.95 bits per heavy atom. The second-order valence-corrected chi connectivity index (χ2v) is 5.10. The smallest absolute Gasteiger partial charge is 0.310 e. The number of carbonyl (C=O) groups is 1. The van der Waals surface area contributed by atoms with Crippen LogP contribution in [-0.4, -0.2) is 35.4 Å². The van der Waals surface area contributed by atoms with Gasteiger partial charge in [0.15, 0.2) is 12.4 Å². The fraction of sp³-hybridized carbons (Fsp3) is 0.500. The Morgan fingerprint density at radius 1 is 1.50 bits per heavy atom. The van der Waals surface area contributed by atoms with Gasteiger partial charge in [0.2, 0.25) is 0 Å². The Kier molecular flexibility index (Phi) is 4.55. The van der Waals surface area contributed by atoms with E-state index in [4.69, 9.17) is 4.74 Å². The molecule has 1 aliphatic heterocycles. The van der Waals surface area contributed by atoms with E-state index in [1.165, 1.54) is 12.1 Å². The first-order valence-corrected chi connectivity index (χ1v) is 6.72. The number of hydrogen-bond donors (Lipinski definition) is 0. The molecule has 6 heteroatoms. The molecule has 1 fully saturated rings. The van der Waals surface area contributed by atoms with Crippen LogP contribution in [0.2, 0.25) is 0 Å². The molecule has 1 aromatic rings. The van der Waals surface area contributed by atoms with Crippen LogP contribution < -0.4 is 4.74 Å². The molecule has 1 unspecified atom stereocenters. The first-order chi connectivity index (χ1) is 9.58. The minimum absolute atomic E-state index is 0.116. The normalized spacial score (nSPS) is 18.6. The molecule has 0 saturated carbocycles. The lowest BCUT2D eigenvalue weighted by molar-refractivity contribution is -0.385. The molecule has 0 radical (unpaired) electrons. The molecule has 0 aliphatic carbocycles. The minimum atomic E-state index is -0.511. The maximum Gasteiger partial charge on any atom is 0.310 e. The van der Waals surface area contributed by atoms with E-state index in [0.29, 0.717) is 5.92 Å². The van der Waals surface area contributed by atoms with E-state index >= 15 is 0 Å². The van der Waals surface area contributed by atoms with E-state index in [1.807, 2.05) is 0 Å². The van der Waals surface area contributed by atoms with Crippen molar-refractivity contribution in [3.05, 3.63) is 34.4 Å². The Hall–Kier alpha value is -2.11. The van der Waals surface area contributed by atoms with Gasteiger partial charge in [0.25, 0.3) is 5.91 Å². The summed E-state index contributed by atoms with van der Waals surface area (Å²) < 4.78 is 5.32. The first kappa shape index (κ1) is 14.3. The Bertz CT molecular complexity index is 504. The van der Waals surface area contributed by atoms with Crippen LogP contribution in [0.25, 0.3) is 0 Å². The molecule has 1 aliphatic rings. The van der Waals surface area contributed by atoms with Crippen molar-refractivity contribution < 1.29 is 14.5 Å². The Balaban J connectivity index is 1.95. The van der Waals surface area contributed by atoms with Crippen molar-refractivity contribution in [2.75, 3.05) is 19.7 Å². The van der Waals surface area contributed by atoms with Gasteiger partial charge in [-0.1, -0.05) is 19.1 Å². The molecule has 1 heterocycles. The fourth-order valence-electron chi connectivity index (χ4n) is 2.38. The van der Waals surface area contributed by atoms with Crippen LogP contribution >= 0.6 is 0 Å². The summed E-state index contributed by atoms with van der Waals surface area (Å²) in [6, 6.07) is 6.09. The number of nitro groups is 1. The van der Waals surface area contributed by atoms with E-state index in [0.717, 1.165) is 25.9 Å². The Labute approximate surface area is 117 Å². The van der Waals surface area contributed by atoms with Gasteiger partial charge in [0.1, 0.15) is 0 Å². The number of nitrogens with zero attached hydrogens (tertiary/aromatic N) is 2. The zero-order valence-corrected chi connectivity index (χ0v) is 11.4. The van der Waals surface area contributed by atoms with Crippen molar-refractivity contribution in [2.45, 2.75) is 19.8 Å². The fourth-order valence-corrected chi connectivity index (χ4v) is 2.38. The van der Waals surface area contributed by atoms with Crippen LogP contribution in [0.5, 0.6) is 5.75 Å². The highest BCUT2D eigenvalue weighted by Crippen LogP contribution is 2.26. The molecule has 2 rings (SSSR count). The minimum Gasteiger partial charge on any atom is -0.477 e. The molecule has 0 N–H and O–H groups in total. The molecule has 20 heavy (non-hydrogen) atoms. The molecule has 0 bridgehead atoms. The van der Waals surface area contributed by atoms with Crippen LogP contribution in [-0.2, 0) is 4.79 Å². The standard InChI is InChI=1S/C14H18N2O4/c1-11-5-4-8-15(9-11)14(17)10-20-13-7-3-2-6-12(13)16(18)19/h2-3,6-7,11H,4-5,8-10H2,1H3. The first-order valence-electron chi connectivity index (χ1n) is 6.72. The summed E-state index contributed by atoms with van der Waals surface area (Å²) in [5, 5.41) is 10.8. The predicted octanol–water partition coefficient (Wildman–Crippen LogP) is 2.23. The lowest BCUT2D eigenvalue weighted by Crippen LogP contribution is -2.41. The third kappa shape index (κ3) is 3.46. The molecular weight excluding hydrogens is 260 g/mol. The number of piperidine rings is 1. The Morgan fingerprint density at radius 2 is 2.25 bits per heavy atom. The summed E-state index contributed by atoms with van der Waals surface area (Å²) in [6.07, 6.45) is 2.13. The zero-order valence-electron chi connectivity index (χ0n) is 11.4. The third-order valence-corrected chi connectivity index (χ3v) is 3.42. The highest BCUT2D eigenvalue weighted by atomic mass is 16.6. The molecular formula is C14H18N2O4. The van der Waals surface area contributed by atoms with Gasteiger partial charge in [-0.05, 0) is 24.8 Å². The van der Waals surface area contributed by atoms with Crippen LogP contribution in [0.15, 0.2) is 24.3 Å². The van der Waals surface area contributed by atoms with E-state index in [2.05, 4.69) is 6.92 Å². The molecule has 108 valence electrons. The number of ether oxygens (including phenoxy) is 1. The summed E-state index contributed by atoms with van der Waals surface area (Å²) in [5.41, 5.74) is -0.118. The maximum absolute atomic E-state index is 12.0. The number of para-hydroxylation sites is 2. The van der Waals surface area contributed by atoms with Gasteiger partial charge in [-0.3, -0.25) is 14.9 Å². The van der Waals surface area contributed by atoms with Gasteiger partial charge < -0.3 is 9.64 Å². The summed E-state index contributed by atoms with van der Waals surface area (Å²) in [5.74, 6) is 0.518. The summed E-state index contributed by atoms with van der Waals surface area (Å²) in [7, 11) is 0. The predicted molar refractivity (Wildman–Crippen MR) is 73.6 cm³/mol. The quantitative estimate of drug-likeness (QED) is 0.625. The molecule has 0 aromatic heterocycles. The SMILES string of the molecule is CC1CCCN(C(=O)COc2ccccc2[N+](=O)[O-])C1. The van der Waals surface area contributed by atoms with E-state index < -0.39 is 4.92 Å². The average Bonchev–Trinajstić information content (AvgIpc) is 2.45. The number of rotatable bonds is 4. The molecule has 1 saturated heterocycles. The number of amides is 1. The summed E-state index contributed by atoms with van der Waals surface area (Å²) >= 11 is 0. The van der Waals surface area contributed by atoms with E-state index in [1.54, 1.807) is 17.0 Å². The van der Waals surface area contributed by atoms with Gasteiger partial charge in [-0.2, -0.15) is 0 Å². The monoisotopic (exact) mass is 278 g/mol. The number of hydrogen-bond acceptors (Lipinski definition) is 4. The van der Waals surface area contributed by atoms with E-state index in [-0.39, 0.29) is 24.0 Å². The van der Waals surface area contributed by atoms with Crippen molar-refractivity contribution in [1.82, 2.24) is 4.90 Å². The topological polar surface area (TPSA) is 72.7 Å². The number of nitro benzene ring substituents is 1. The largest absolute Gasteiger partial charge is 0.477 e. The average molecular weight is 278 g/mol. The van der Waals surface area contributed by atoms with Crippen LogP contribution in [0.1, 0.15) is 19.8 Å². The van der Waals surface area contributed by atoms with Crippen molar-refractivity contribution >= 4 is 11.6 Å². The molecule has 1 atom stereocenters. The zero-order chi connectivity index (χ0) is 14.5. The summed E-state index contributed by atoms with van der Waals surface area (Å²) in [4.78, 5) is 24.1. The van der Waals surface area contributed by atoms with E-state index in [9.17, 15) is 14.9 Å². The highest BCUT2D eigenvalue weighted by Gasteiger charge is 2.22. The van der Waals surface area contributed by atoms with Crippen LogP contribution in [0, 0.1) is 16.0 Å². The number of carbonyl (C=O) groups excluding carboxylic acids is 1. The second-order valence-electron chi connectivity index (χ2n) is 5.10. The molecule has 1 aromatic carbocycles. The lowest BCUT2D eigenvalue weighted by Gasteiger charge is -2.30. The van der Waals surface area contributed by atoms with Crippen LogP contribution in [0.4, 0.5) is 5.69 Å². The third-order valence-electron chi connectivity index (χ3n) is 3.42. The van der Waals surface area contributed by atoms with Gasteiger partial charge in [-0.15, -0.1) is 0 Å². The highest BCUT2D eigenvalue weighted by molar-refractivity contribution is 5.78. The molecule has 6 nitrogen and oxygen atoms in total. The lowest BCUT2D eigenvalue weighted by atomic mass is 10.0. The van der Waals surface area contributed by atoms with Gasteiger partial charge in [0, 0.05) is 19.2 Å². The number of benzene rings is 1. The van der Waals surface area contributed by atoms with Crippen LogP contribution in [0.3, 0.4) is 0 Å². The second kappa shape index (κ2) is 6.36. The van der Waals surface area contributed by atoms with Crippen molar-refractivity contribution in [3.63, 3.8) is 0 Å². The molecule has 0 spiro atoms. The maximum atomic E-state index is 12.0. The number of likely N-dealkylation sites (tertiary alicyclic amines) is 1. The van der Waals surface area contributed by atoms with Gasteiger partial charge in [-0.25, -0.2) is 0 Å². The van der Waals surface area contributed by atoms with Crippen molar-refractivity contribution in [3.8, 4) is 5.75 Å². The van der Waals surface area contributed by atoms with Crippen molar-refractivity contribution in [1.29, 1.82) is 0 Å². The van der Waals surface area contributed by atoms with Gasteiger partial charge >= 0.3 is 5.69 Å². The van der Waals surface area contributed by atoms with Crippen molar-refractivity contribution in [2.24, 2.45) is 5.92 Å². The summed E-state index contributed by atoms with van der Waals surface area (Å²) in [6.45, 7) is 3.43. The van der Waals surface area contributed by atoms with Gasteiger partial charge in [0.05, 0.1) is 4.92 Å². The molecule has 1 amide bonds.